The number of carbonyl (C=O) groups is 6. The summed E-state index contributed by atoms with van der Waals surface area (Å²) in [5.41, 5.74) is 3.38. The van der Waals surface area contributed by atoms with E-state index in [1.807, 2.05) is 0 Å². The number of hydrogen-bond acceptors (Lipinski definition) is 12. The second-order valence-corrected chi connectivity index (χ2v) is 16.6. The Labute approximate surface area is 366 Å². The van der Waals surface area contributed by atoms with Crippen LogP contribution in [0.3, 0.4) is 0 Å². The third-order valence-corrected chi connectivity index (χ3v) is 11.3. The molecule has 4 rings (SSSR count). The van der Waals surface area contributed by atoms with Crippen LogP contribution in [-0.2, 0) is 44.8 Å². The summed E-state index contributed by atoms with van der Waals surface area (Å²) in [7, 11) is 0. The maximum absolute atomic E-state index is 14.5. The average Bonchev–Trinajstić information content (AvgIpc) is 3.25. The summed E-state index contributed by atoms with van der Waals surface area (Å²) in [6, 6.07) is -2.21. The van der Waals surface area contributed by atoms with Gasteiger partial charge in [0.05, 0.1) is 24.7 Å². The minimum absolute atomic E-state index is 0.0593. The number of hydrogen-bond donors (Lipinski definition) is 6. The van der Waals surface area contributed by atoms with Gasteiger partial charge in [-0.15, -0.1) is 0 Å². The van der Waals surface area contributed by atoms with Crippen molar-refractivity contribution in [1.29, 1.82) is 0 Å². The van der Waals surface area contributed by atoms with Crippen molar-refractivity contribution in [3.63, 3.8) is 0 Å². The molecule has 18 heteroatoms. The van der Waals surface area contributed by atoms with E-state index >= 15 is 0 Å². The molecule has 3 heterocycles. The maximum Gasteiger partial charge on any atom is 0.325 e. The molecule has 16 nitrogen and oxygen atoms in total. The number of benzene rings is 1. The van der Waals surface area contributed by atoms with Gasteiger partial charge >= 0.3 is 5.97 Å². The van der Waals surface area contributed by atoms with Gasteiger partial charge in [-0.05, 0) is 75.1 Å². The highest BCUT2D eigenvalue weighted by Crippen LogP contribution is 2.25. The first kappa shape index (κ1) is 50.3. The molecule has 2 fully saturated rings. The van der Waals surface area contributed by atoms with Crippen molar-refractivity contribution < 1.29 is 62.4 Å². The van der Waals surface area contributed by atoms with Crippen LogP contribution in [0.25, 0.3) is 0 Å². The molecule has 1 aromatic carbocycles. The number of ether oxygens (including phenoxy) is 1. The minimum atomic E-state index is -1.52. The van der Waals surface area contributed by atoms with E-state index in [2.05, 4.69) is 16.1 Å². The minimum Gasteiger partial charge on any atom is -0.505 e. The van der Waals surface area contributed by atoms with E-state index in [0.717, 1.165) is 30.0 Å². The van der Waals surface area contributed by atoms with Gasteiger partial charge in [-0.25, -0.2) is 14.9 Å². The number of phenolic OH excluding ortho intramolecular Hbond substituents is 1. The van der Waals surface area contributed by atoms with Crippen LogP contribution in [-0.4, -0.2) is 117 Å². The van der Waals surface area contributed by atoms with Gasteiger partial charge in [-0.1, -0.05) is 57.2 Å². The number of cyclic esters (lactones) is 1. The van der Waals surface area contributed by atoms with Crippen LogP contribution in [0.4, 0.5) is 8.78 Å². The number of aromatic hydroxyl groups is 1. The molecule has 3 aliphatic rings. The number of hydrazine groups is 1. The Morgan fingerprint density at radius 2 is 1.75 bits per heavy atom. The lowest BCUT2D eigenvalue weighted by Crippen LogP contribution is -2.62. The molecule has 2 bridgehead atoms. The molecule has 1 aromatic rings. The van der Waals surface area contributed by atoms with Crippen LogP contribution in [0.2, 0.25) is 0 Å². The number of halogens is 2. The van der Waals surface area contributed by atoms with Crippen LogP contribution >= 0.6 is 0 Å². The maximum atomic E-state index is 14.5. The Bertz CT molecular complexity index is 1910. The molecule has 0 aromatic heterocycles. The van der Waals surface area contributed by atoms with Gasteiger partial charge in [0.2, 0.25) is 11.8 Å². The normalized spacial score (nSPS) is 28.7. The smallest absolute Gasteiger partial charge is 0.325 e. The first-order chi connectivity index (χ1) is 29.9. The Hall–Kier alpha value is -5.30. The molecule has 346 valence electrons. The fraction of sp³-hybridized carbons (Fsp3) is 0.556. The number of phenols is 1. The number of allylic oxidation sites excluding steroid dienone is 4. The number of nitrogens with zero attached hydrogens (tertiary/aromatic N) is 2. The molecule has 4 amide bonds. The summed E-state index contributed by atoms with van der Waals surface area (Å²) in [4.78, 5) is 86.3. The molecule has 0 radical (unpaired) electrons. The van der Waals surface area contributed by atoms with Crippen LogP contribution in [0.15, 0.2) is 60.2 Å². The molecule has 0 saturated carbocycles. The monoisotopic (exact) mass is 885 g/mol. The fourth-order valence-electron chi connectivity index (χ4n) is 7.35. The zero-order valence-electron chi connectivity index (χ0n) is 36.4. The van der Waals surface area contributed by atoms with E-state index in [4.69, 9.17) is 9.57 Å². The number of rotatable bonds is 9. The van der Waals surface area contributed by atoms with Gasteiger partial charge in [-0.2, -0.15) is 4.39 Å². The molecular formula is C45H61F2N5O11. The van der Waals surface area contributed by atoms with E-state index < -0.39 is 102 Å². The Kier molecular flexibility index (Phi) is 19.1. The predicted octanol–water partition coefficient (Wildman–Crippen LogP) is 3.16. The van der Waals surface area contributed by atoms with Gasteiger partial charge in [0, 0.05) is 44.3 Å². The van der Waals surface area contributed by atoms with Gasteiger partial charge in [0.25, 0.3) is 11.8 Å². The van der Waals surface area contributed by atoms with Gasteiger partial charge in [0.15, 0.2) is 17.4 Å². The van der Waals surface area contributed by atoms with Crippen LogP contribution in [0, 0.1) is 29.4 Å². The standard InChI is InChI=1S/C45H61F2N5O11/c1-26(2)40-43(59)48-34(24-30-23-32(46)39(47)36(55)25-30)44(60)51-20-12-14-33(50-51)45(61)63-37(27(3)13-11-17-38(56)52-21-9-10-22-62-52)16-8-6-7-15-35(54)29(5)41(57)31(42(58)49-40)19-18-28(4)53/h6-8,11,13,15,17,23,25-26,29,31,33-35,37,40-41,50,54-55,57H,9-10,12,14,16,18-22,24H2,1-5H3,(H,48,59)(H,49,58)/b8-6+,15-7+,17-11+,27-13+/t29-,31+,33?,34?,35-,37-,40-,41+/m0/s1. The van der Waals surface area contributed by atoms with Crippen LogP contribution < -0.4 is 16.1 Å². The van der Waals surface area contributed by atoms with Crippen molar-refractivity contribution >= 4 is 35.4 Å². The van der Waals surface area contributed by atoms with Crippen molar-refractivity contribution in [2.45, 2.75) is 122 Å². The molecule has 0 aliphatic carbocycles. The highest BCUT2D eigenvalue weighted by molar-refractivity contribution is 5.93. The summed E-state index contributed by atoms with van der Waals surface area (Å²) in [5.74, 6) is -10.5. The largest absolute Gasteiger partial charge is 0.505 e. The van der Waals surface area contributed by atoms with Crippen molar-refractivity contribution in [1.82, 2.24) is 26.1 Å². The van der Waals surface area contributed by atoms with Crippen molar-refractivity contribution in [2.75, 3.05) is 19.7 Å². The van der Waals surface area contributed by atoms with E-state index in [1.54, 1.807) is 39.0 Å². The van der Waals surface area contributed by atoms with Gasteiger partial charge < -0.3 is 35.5 Å². The van der Waals surface area contributed by atoms with Crippen molar-refractivity contribution in [2.24, 2.45) is 17.8 Å². The van der Waals surface area contributed by atoms with Crippen LogP contribution in [0.1, 0.15) is 85.1 Å². The number of esters is 1. The molecule has 63 heavy (non-hydrogen) atoms. The van der Waals surface area contributed by atoms with E-state index in [0.29, 0.717) is 25.1 Å². The van der Waals surface area contributed by atoms with E-state index in [9.17, 15) is 52.9 Å². The quantitative estimate of drug-likeness (QED) is 0.120. The Morgan fingerprint density at radius 3 is 2.41 bits per heavy atom. The first-order valence-electron chi connectivity index (χ1n) is 21.4. The number of aliphatic hydroxyl groups is 2. The van der Waals surface area contributed by atoms with Crippen LogP contribution in [0.5, 0.6) is 5.75 Å². The number of amides is 4. The fourth-order valence-corrected chi connectivity index (χ4v) is 7.35. The average molecular weight is 886 g/mol. The summed E-state index contributed by atoms with van der Waals surface area (Å²) >= 11 is 0. The number of ketones is 1. The summed E-state index contributed by atoms with van der Waals surface area (Å²) in [6.07, 6.45) is 8.79. The SMILES string of the molecule is CC(=O)CC[C@H]1C(=O)N[C@@H](C(C)C)C(=O)NC(Cc2cc(O)c(F)c(F)c2)C(=O)N2CCCC(N2)C(=O)O[C@H](/C(C)=C/C=C/C(=O)N2CCCCO2)C/C=C/C=C/[C@H](O)[C@H](C)[C@H]1O. The molecule has 6 N–H and O–H groups in total. The molecule has 2 unspecified atom stereocenters. The van der Waals surface area contributed by atoms with Crippen molar-refractivity contribution in [3.8, 4) is 5.75 Å². The van der Waals surface area contributed by atoms with Gasteiger partial charge in [0.1, 0.15) is 30.0 Å². The Balaban J connectivity index is 1.72. The van der Waals surface area contributed by atoms with E-state index in [1.165, 1.54) is 43.2 Å². The number of carbonyl (C=O) groups excluding carboxylic acids is 6. The molecule has 3 aliphatic heterocycles. The second-order valence-electron chi connectivity index (χ2n) is 16.6. The molecule has 2 saturated heterocycles. The molecule has 8 atom stereocenters. The topological polar surface area (TPSA) is 224 Å². The third kappa shape index (κ3) is 14.6. The zero-order valence-corrected chi connectivity index (χ0v) is 36.4. The zero-order chi connectivity index (χ0) is 46.4. The summed E-state index contributed by atoms with van der Waals surface area (Å²) < 4.78 is 34.6. The first-order valence-corrected chi connectivity index (χ1v) is 21.4. The lowest BCUT2D eigenvalue weighted by Gasteiger charge is -2.36. The number of fused-ring (bicyclic) bond motifs is 2. The number of Topliss-reactive ketones (excluding diaryl/α,β-unsaturated/α-hetero) is 1. The van der Waals surface area contributed by atoms with Crippen molar-refractivity contribution in [3.05, 3.63) is 77.4 Å². The second kappa shape index (κ2) is 24.0. The van der Waals surface area contributed by atoms with Gasteiger partial charge in [-0.3, -0.25) is 33.8 Å². The molecular weight excluding hydrogens is 825 g/mol. The van der Waals surface area contributed by atoms with E-state index in [-0.39, 0.29) is 49.5 Å². The molecule has 0 spiro atoms. The Morgan fingerprint density at radius 1 is 1.00 bits per heavy atom. The number of aliphatic hydroxyl groups excluding tert-OH is 2. The predicted molar refractivity (Wildman–Crippen MR) is 225 cm³/mol. The lowest BCUT2D eigenvalue weighted by atomic mass is 9.84. The summed E-state index contributed by atoms with van der Waals surface area (Å²) in [6.45, 7) is 8.77. The summed E-state index contributed by atoms with van der Waals surface area (Å²) in [5, 5.41) is 40.3. The highest BCUT2D eigenvalue weighted by atomic mass is 19.2. The highest BCUT2D eigenvalue weighted by Gasteiger charge is 2.39. The third-order valence-electron chi connectivity index (χ3n) is 11.3. The number of hydroxylamine groups is 2. The lowest BCUT2D eigenvalue weighted by molar-refractivity contribution is -0.191. The number of nitrogens with one attached hydrogen (secondary N) is 3.